The second kappa shape index (κ2) is 4.75. The van der Waals surface area contributed by atoms with Crippen molar-refractivity contribution in [2.75, 3.05) is 11.9 Å². The number of nitrogens with zero attached hydrogens (tertiary/aromatic N) is 2. The van der Waals surface area contributed by atoms with Gasteiger partial charge in [-0.15, -0.1) is 0 Å². The van der Waals surface area contributed by atoms with Crippen molar-refractivity contribution in [3.8, 4) is 0 Å². The van der Waals surface area contributed by atoms with Crippen molar-refractivity contribution in [3.63, 3.8) is 0 Å². The van der Waals surface area contributed by atoms with Gasteiger partial charge in [-0.05, 0) is 0 Å². The first-order valence-corrected chi connectivity index (χ1v) is 5.02. The van der Waals surface area contributed by atoms with Crippen LogP contribution in [0.4, 0.5) is 18.3 Å². The average molecular weight is 241 g/mol. The normalized spacial score (nSPS) is 13.9. The number of hydrogen-bond donors (Lipinski definition) is 2. The van der Waals surface area contributed by atoms with Crippen LogP contribution < -0.4 is 5.32 Å². The molecule has 1 rings (SSSR count). The molecule has 0 saturated heterocycles. The van der Waals surface area contributed by atoms with Crippen molar-refractivity contribution in [1.82, 2.24) is 9.36 Å². The quantitative estimate of drug-likeness (QED) is 0.837. The van der Waals surface area contributed by atoms with E-state index in [1.807, 2.05) is 6.92 Å². The van der Waals surface area contributed by atoms with Crippen molar-refractivity contribution in [2.24, 2.45) is 0 Å². The molecule has 0 spiro atoms. The molecule has 8 heteroatoms. The summed E-state index contributed by atoms with van der Waals surface area (Å²) in [7, 11) is 0. The maximum Gasteiger partial charge on any atom is 0.416 e. The number of nitrogens with one attached hydrogen (secondary N) is 1. The van der Waals surface area contributed by atoms with Gasteiger partial charge in [0.15, 0.2) is 6.10 Å². The zero-order valence-corrected chi connectivity index (χ0v) is 8.69. The van der Waals surface area contributed by atoms with Gasteiger partial charge in [0.1, 0.15) is 5.82 Å². The fraction of sp³-hybridized carbons (Fsp3) is 0.714. The highest BCUT2D eigenvalue weighted by Crippen LogP contribution is 2.20. The van der Waals surface area contributed by atoms with Crippen molar-refractivity contribution in [1.29, 1.82) is 0 Å². The number of hydrogen-bond acceptors (Lipinski definition) is 5. The molecule has 1 atom stereocenters. The van der Waals surface area contributed by atoms with Gasteiger partial charge in [-0.2, -0.15) is 17.5 Å². The van der Waals surface area contributed by atoms with Gasteiger partial charge in [0.05, 0.1) is 6.54 Å². The molecule has 15 heavy (non-hydrogen) atoms. The van der Waals surface area contributed by atoms with E-state index in [1.165, 1.54) is 0 Å². The number of rotatable bonds is 4. The van der Waals surface area contributed by atoms with E-state index in [2.05, 4.69) is 14.7 Å². The van der Waals surface area contributed by atoms with Gasteiger partial charge in [0, 0.05) is 18.0 Å². The summed E-state index contributed by atoms with van der Waals surface area (Å²) in [6.07, 6.45) is -6.36. The number of aromatic nitrogens is 2. The fourth-order valence-corrected chi connectivity index (χ4v) is 1.42. The predicted octanol–water partition coefficient (Wildman–Crippen LogP) is 1.44. The SMILES string of the molecule is CCc1nsc(NCC(O)C(F)(F)F)n1. The standard InChI is InChI=1S/C7H10F3N3OS/c1-2-5-12-6(15-13-5)11-3-4(14)7(8,9)10/h4,14H,2-3H2,1H3,(H,11,12,13). The maximum absolute atomic E-state index is 11.9. The molecule has 1 unspecified atom stereocenters. The van der Waals surface area contributed by atoms with E-state index in [-0.39, 0.29) is 5.13 Å². The van der Waals surface area contributed by atoms with E-state index in [1.54, 1.807) is 0 Å². The Hall–Kier alpha value is -0.890. The van der Waals surface area contributed by atoms with E-state index in [0.29, 0.717) is 12.2 Å². The summed E-state index contributed by atoms with van der Waals surface area (Å²) in [5.41, 5.74) is 0. The molecular weight excluding hydrogens is 231 g/mol. The van der Waals surface area contributed by atoms with Crippen molar-refractivity contribution >= 4 is 16.7 Å². The molecule has 4 nitrogen and oxygen atoms in total. The van der Waals surface area contributed by atoms with Crippen LogP contribution in [0, 0.1) is 0 Å². The number of aliphatic hydroxyl groups excluding tert-OH is 1. The summed E-state index contributed by atoms with van der Waals surface area (Å²) >= 11 is 0.976. The summed E-state index contributed by atoms with van der Waals surface area (Å²) < 4.78 is 39.6. The molecule has 1 aromatic heterocycles. The molecule has 0 radical (unpaired) electrons. The van der Waals surface area contributed by atoms with Gasteiger partial charge in [-0.1, -0.05) is 6.92 Å². The summed E-state index contributed by atoms with van der Waals surface area (Å²) in [4.78, 5) is 3.90. The van der Waals surface area contributed by atoms with E-state index < -0.39 is 18.8 Å². The van der Waals surface area contributed by atoms with E-state index in [4.69, 9.17) is 5.11 Å². The Bertz CT molecular complexity index is 315. The van der Waals surface area contributed by atoms with Crippen LogP contribution in [0.3, 0.4) is 0 Å². The van der Waals surface area contributed by atoms with Crippen LogP contribution in [-0.2, 0) is 6.42 Å². The van der Waals surface area contributed by atoms with Crippen LogP contribution in [0.1, 0.15) is 12.7 Å². The zero-order valence-electron chi connectivity index (χ0n) is 7.88. The first-order valence-electron chi connectivity index (χ1n) is 4.24. The lowest BCUT2D eigenvalue weighted by molar-refractivity contribution is -0.198. The third-order valence-corrected chi connectivity index (χ3v) is 2.32. The largest absolute Gasteiger partial charge is 0.416 e. The number of anilines is 1. The second-order valence-corrected chi connectivity index (χ2v) is 3.56. The number of halogens is 3. The minimum atomic E-state index is -4.61. The number of aryl methyl sites for hydroxylation is 1. The highest BCUT2D eigenvalue weighted by atomic mass is 32.1. The van der Waals surface area contributed by atoms with Gasteiger partial charge in [-0.3, -0.25) is 0 Å². The topological polar surface area (TPSA) is 58.0 Å². The fourth-order valence-electron chi connectivity index (χ4n) is 0.769. The van der Waals surface area contributed by atoms with E-state index in [0.717, 1.165) is 11.5 Å². The lowest BCUT2D eigenvalue weighted by atomic mass is 10.3. The third-order valence-electron chi connectivity index (χ3n) is 1.61. The van der Waals surface area contributed by atoms with Crippen molar-refractivity contribution in [2.45, 2.75) is 25.6 Å². The Labute approximate surface area is 88.3 Å². The van der Waals surface area contributed by atoms with E-state index in [9.17, 15) is 13.2 Å². The molecule has 0 aromatic carbocycles. The van der Waals surface area contributed by atoms with Crippen LogP contribution >= 0.6 is 11.5 Å². The number of aliphatic hydroxyl groups is 1. The molecule has 2 N–H and O–H groups in total. The zero-order chi connectivity index (χ0) is 11.5. The first kappa shape index (κ1) is 12.2. The Morgan fingerprint density at radius 3 is 2.67 bits per heavy atom. The van der Waals surface area contributed by atoms with Crippen LogP contribution in [0.2, 0.25) is 0 Å². The van der Waals surface area contributed by atoms with Gasteiger partial charge in [0.25, 0.3) is 0 Å². The lowest BCUT2D eigenvalue weighted by Crippen LogP contribution is -2.34. The minimum Gasteiger partial charge on any atom is -0.382 e. The lowest BCUT2D eigenvalue weighted by Gasteiger charge is -2.13. The molecule has 0 bridgehead atoms. The van der Waals surface area contributed by atoms with Crippen LogP contribution in [0.25, 0.3) is 0 Å². The molecule has 0 saturated carbocycles. The smallest absolute Gasteiger partial charge is 0.382 e. The highest BCUT2D eigenvalue weighted by Gasteiger charge is 2.37. The van der Waals surface area contributed by atoms with Crippen LogP contribution in [0.5, 0.6) is 0 Å². The Balaban J connectivity index is 2.43. The molecule has 0 amide bonds. The van der Waals surface area contributed by atoms with Gasteiger partial charge < -0.3 is 10.4 Å². The Kier molecular flexibility index (Phi) is 3.86. The summed E-state index contributed by atoms with van der Waals surface area (Å²) in [5, 5.41) is 11.3. The van der Waals surface area contributed by atoms with Crippen molar-refractivity contribution in [3.05, 3.63) is 5.82 Å². The van der Waals surface area contributed by atoms with Crippen LogP contribution in [0.15, 0.2) is 0 Å². The molecule has 0 aliphatic rings. The minimum absolute atomic E-state index is 0.287. The maximum atomic E-state index is 11.9. The van der Waals surface area contributed by atoms with Crippen molar-refractivity contribution < 1.29 is 18.3 Å². The molecule has 86 valence electrons. The molecule has 0 fully saturated rings. The molecule has 0 aliphatic carbocycles. The second-order valence-electron chi connectivity index (χ2n) is 2.81. The summed E-state index contributed by atoms with van der Waals surface area (Å²) in [5.74, 6) is 0.573. The molecule has 1 aromatic rings. The Morgan fingerprint density at radius 2 is 2.20 bits per heavy atom. The highest BCUT2D eigenvalue weighted by molar-refractivity contribution is 7.09. The molecular formula is C7H10F3N3OS. The summed E-state index contributed by atoms with van der Waals surface area (Å²) in [6.45, 7) is 1.23. The Morgan fingerprint density at radius 1 is 1.53 bits per heavy atom. The van der Waals surface area contributed by atoms with Gasteiger partial charge in [0.2, 0.25) is 5.13 Å². The monoisotopic (exact) mass is 241 g/mol. The predicted molar refractivity (Wildman–Crippen MR) is 49.8 cm³/mol. The van der Waals surface area contributed by atoms with E-state index >= 15 is 0 Å². The molecule has 0 aliphatic heterocycles. The molecule has 1 heterocycles. The van der Waals surface area contributed by atoms with Gasteiger partial charge >= 0.3 is 6.18 Å². The first-order chi connectivity index (χ1) is 6.93. The van der Waals surface area contributed by atoms with Crippen LogP contribution in [-0.4, -0.2) is 33.3 Å². The summed E-state index contributed by atoms with van der Waals surface area (Å²) in [6, 6.07) is 0. The van der Waals surface area contributed by atoms with Gasteiger partial charge in [-0.25, -0.2) is 4.98 Å². The third kappa shape index (κ3) is 3.63. The number of alkyl halides is 3. The average Bonchev–Trinajstić information content (AvgIpc) is 2.60.